The fourth-order valence-electron chi connectivity index (χ4n) is 0.975. The van der Waals surface area contributed by atoms with Crippen LogP contribution in [0.2, 0.25) is 0 Å². The molecule has 0 fully saturated rings. The molecule has 1 rings (SSSR count). The van der Waals surface area contributed by atoms with E-state index in [9.17, 15) is 17.6 Å². The molecule has 0 heterocycles. The van der Waals surface area contributed by atoms with Gasteiger partial charge in [-0.05, 0) is 12.1 Å². The van der Waals surface area contributed by atoms with Gasteiger partial charge in [-0.3, -0.25) is 0 Å². The number of hydrogen-bond acceptors (Lipinski definition) is 2. The first kappa shape index (κ1) is 10.8. The second-order valence-electron chi connectivity index (χ2n) is 2.67. The Balaban J connectivity index is 3.30. The number of aromatic hydroxyl groups is 1. The standard InChI is InChI=1S/C8H7F4NO/c9-6-2-5(8(10,11)12)1-4(3-13)7(6)14/h1-2,14H,3,13H2. The normalized spacial score (nSPS) is 11.8. The maximum absolute atomic E-state index is 12.8. The largest absolute Gasteiger partial charge is 0.505 e. The third-order valence-electron chi connectivity index (χ3n) is 1.69. The predicted molar refractivity (Wildman–Crippen MR) is 41.0 cm³/mol. The molecule has 14 heavy (non-hydrogen) atoms. The van der Waals surface area contributed by atoms with Crippen LogP contribution in [-0.4, -0.2) is 5.11 Å². The SMILES string of the molecule is NCc1cc(C(F)(F)F)cc(F)c1O. The Hall–Kier alpha value is -1.30. The number of phenolic OH excluding ortho intramolecular Hbond substituents is 1. The van der Waals surface area contributed by atoms with Gasteiger partial charge in [-0.25, -0.2) is 4.39 Å². The molecule has 3 N–H and O–H groups in total. The summed E-state index contributed by atoms with van der Waals surface area (Å²) in [5.41, 5.74) is 3.61. The number of halogens is 4. The highest BCUT2D eigenvalue weighted by Gasteiger charge is 2.32. The molecule has 0 aromatic heterocycles. The van der Waals surface area contributed by atoms with Gasteiger partial charge in [0.25, 0.3) is 0 Å². The molecule has 0 aliphatic rings. The van der Waals surface area contributed by atoms with E-state index in [1.54, 1.807) is 0 Å². The minimum absolute atomic E-state index is 0.231. The smallest absolute Gasteiger partial charge is 0.416 e. The Bertz CT molecular complexity index is 348. The molecule has 2 nitrogen and oxygen atoms in total. The van der Waals surface area contributed by atoms with E-state index in [4.69, 9.17) is 10.8 Å². The summed E-state index contributed by atoms with van der Waals surface area (Å²) in [5, 5.41) is 8.97. The van der Waals surface area contributed by atoms with Gasteiger partial charge < -0.3 is 10.8 Å². The Morgan fingerprint density at radius 3 is 2.29 bits per heavy atom. The predicted octanol–water partition coefficient (Wildman–Crippen LogP) is 2.01. The second-order valence-corrected chi connectivity index (χ2v) is 2.67. The molecule has 0 saturated heterocycles. The summed E-state index contributed by atoms with van der Waals surface area (Å²) in [6.07, 6.45) is -4.64. The van der Waals surface area contributed by atoms with Crippen LogP contribution in [0.1, 0.15) is 11.1 Å². The van der Waals surface area contributed by atoms with Crippen molar-refractivity contribution >= 4 is 0 Å². The molecule has 0 radical (unpaired) electrons. The minimum Gasteiger partial charge on any atom is -0.505 e. The Morgan fingerprint density at radius 1 is 1.29 bits per heavy atom. The van der Waals surface area contributed by atoms with Crippen LogP contribution in [-0.2, 0) is 12.7 Å². The average Bonchev–Trinajstić information content (AvgIpc) is 2.07. The van der Waals surface area contributed by atoms with Crippen LogP contribution >= 0.6 is 0 Å². The molecule has 0 aliphatic carbocycles. The van der Waals surface area contributed by atoms with Crippen molar-refractivity contribution < 1.29 is 22.7 Å². The number of nitrogens with two attached hydrogens (primary N) is 1. The molecule has 0 saturated carbocycles. The minimum atomic E-state index is -4.64. The van der Waals surface area contributed by atoms with Crippen molar-refractivity contribution in [1.29, 1.82) is 0 Å². The zero-order valence-corrected chi connectivity index (χ0v) is 6.90. The van der Waals surface area contributed by atoms with Gasteiger partial charge in [0.05, 0.1) is 5.56 Å². The van der Waals surface area contributed by atoms with Crippen LogP contribution in [0.15, 0.2) is 12.1 Å². The Morgan fingerprint density at radius 2 is 1.86 bits per heavy atom. The lowest BCUT2D eigenvalue weighted by Crippen LogP contribution is -2.08. The Kier molecular flexibility index (Phi) is 2.66. The zero-order valence-electron chi connectivity index (χ0n) is 6.90. The van der Waals surface area contributed by atoms with Crippen molar-refractivity contribution in [3.63, 3.8) is 0 Å². The summed E-state index contributed by atoms with van der Waals surface area (Å²) in [5.74, 6) is -2.15. The number of benzene rings is 1. The third-order valence-corrected chi connectivity index (χ3v) is 1.69. The molecule has 0 atom stereocenters. The van der Waals surface area contributed by atoms with Crippen LogP contribution in [0.3, 0.4) is 0 Å². The topological polar surface area (TPSA) is 46.2 Å². The molecule has 1 aromatic rings. The van der Waals surface area contributed by atoms with E-state index in [1.807, 2.05) is 0 Å². The molecular formula is C8H7F4NO. The average molecular weight is 209 g/mol. The fraction of sp³-hybridized carbons (Fsp3) is 0.250. The lowest BCUT2D eigenvalue weighted by molar-refractivity contribution is -0.137. The number of alkyl halides is 3. The first-order chi connectivity index (χ1) is 6.36. The van der Waals surface area contributed by atoms with Gasteiger partial charge in [0.15, 0.2) is 11.6 Å². The van der Waals surface area contributed by atoms with Crippen molar-refractivity contribution in [3.8, 4) is 5.75 Å². The van der Waals surface area contributed by atoms with E-state index in [0.29, 0.717) is 6.07 Å². The number of rotatable bonds is 1. The van der Waals surface area contributed by atoms with Gasteiger partial charge in [0.2, 0.25) is 0 Å². The molecule has 0 spiro atoms. The highest BCUT2D eigenvalue weighted by Crippen LogP contribution is 2.33. The molecule has 0 amide bonds. The molecular weight excluding hydrogens is 202 g/mol. The summed E-state index contributed by atoms with van der Waals surface area (Å²) in [6, 6.07) is 0.854. The number of hydrogen-bond donors (Lipinski definition) is 2. The molecule has 0 unspecified atom stereocenters. The van der Waals surface area contributed by atoms with Gasteiger partial charge in [0, 0.05) is 12.1 Å². The zero-order chi connectivity index (χ0) is 10.9. The van der Waals surface area contributed by atoms with E-state index >= 15 is 0 Å². The van der Waals surface area contributed by atoms with E-state index in [-0.39, 0.29) is 18.2 Å². The van der Waals surface area contributed by atoms with E-state index in [1.165, 1.54) is 0 Å². The summed E-state index contributed by atoms with van der Waals surface area (Å²) in [6.45, 7) is -0.354. The van der Waals surface area contributed by atoms with Crippen LogP contribution in [0.25, 0.3) is 0 Å². The molecule has 0 bridgehead atoms. The number of phenols is 1. The van der Waals surface area contributed by atoms with Gasteiger partial charge in [0.1, 0.15) is 0 Å². The van der Waals surface area contributed by atoms with Crippen LogP contribution in [0.4, 0.5) is 17.6 Å². The molecule has 78 valence electrons. The highest BCUT2D eigenvalue weighted by molar-refractivity contribution is 5.38. The van der Waals surface area contributed by atoms with Gasteiger partial charge in [-0.1, -0.05) is 0 Å². The van der Waals surface area contributed by atoms with Crippen molar-refractivity contribution in [2.45, 2.75) is 12.7 Å². The third kappa shape index (κ3) is 1.95. The van der Waals surface area contributed by atoms with Crippen LogP contribution in [0.5, 0.6) is 5.75 Å². The first-order valence-electron chi connectivity index (χ1n) is 3.65. The lowest BCUT2D eigenvalue weighted by atomic mass is 10.1. The quantitative estimate of drug-likeness (QED) is 0.695. The summed E-state index contributed by atoms with van der Waals surface area (Å²) in [4.78, 5) is 0. The summed E-state index contributed by atoms with van der Waals surface area (Å²) >= 11 is 0. The van der Waals surface area contributed by atoms with Gasteiger partial charge in [-0.15, -0.1) is 0 Å². The Labute approximate surface area is 77.0 Å². The maximum Gasteiger partial charge on any atom is 0.416 e. The lowest BCUT2D eigenvalue weighted by Gasteiger charge is -2.10. The maximum atomic E-state index is 12.8. The van der Waals surface area contributed by atoms with Crippen LogP contribution < -0.4 is 5.73 Å². The highest BCUT2D eigenvalue weighted by atomic mass is 19.4. The van der Waals surface area contributed by atoms with Crippen molar-refractivity contribution in [1.82, 2.24) is 0 Å². The second kappa shape index (κ2) is 3.45. The van der Waals surface area contributed by atoms with E-state index in [0.717, 1.165) is 0 Å². The van der Waals surface area contributed by atoms with Crippen molar-refractivity contribution in [2.24, 2.45) is 5.73 Å². The molecule has 1 aromatic carbocycles. The van der Waals surface area contributed by atoms with E-state index < -0.39 is 23.3 Å². The summed E-state index contributed by atoms with van der Waals surface area (Å²) < 4.78 is 49.1. The monoisotopic (exact) mass is 209 g/mol. The molecule has 6 heteroatoms. The van der Waals surface area contributed by atoms with Crippen molar-refractivity contribution in [3.05, 3.63) is 29.1 Å². The summed E-state index contributed by atoms with van der Waals surface area (Å²) in [7, 11) is 0. The van der Waals surface area contributed by atoms with E-state index in [2.05, 4.69) is 0 Å². The van der Waals surface area contributed by atoms with Crippen molar-refractivity contribution in [2.75, 3.05) is 0 Å². The first-order valence-corrected chi connectivity index (χ1v) is 3.65. The van der Waals surface area contributed by atoms with Gasteiger partial charge in [-0.2, -0.15) is 13.2 Å². The molecule has 0 aliphatic heterocycles. The fourth-order valence-corrected chi connectivity index (χ4v) is 0.975. The van der Waals surface area contributed by atoms with Crippen LogP contribution in [0, 0.1) is 5.82 Å². The van der Waals surface area contributed by atoms with Gasteiger partial charge >= 0.3 is 6.18 Å².